The van der Waals surface area contributed by atoms with E-state index < -0.39 is 6.10 Å². The average molecular weight is 375 g/mol. The zero-order chi connectivity index (χ0) is 19.6. The minimum atomic E-state index is -0.712. The van der Waals surface area contributed by atoms with Gasteiger partial charge in [-0.05, 0) is 26.8 Å². The summed E-state index contributed by atoms with van der Waals surface area (Å²) in [6.07, 6.45) is 0.951. The van der Waals surface area contributed by atoms with Gasteiger partial charge in [-0.2, -0.15) is 15.0 Å². The number of nitrogens with zero attached hydrogens (tertiary/aromatic N) is 7. The Morgan fingerprint density at radius 1 is 1.19 bits per heavy atom. The molecule has 1 fully saturated rings. The molecule has 0 aliphatic carbocycles. The molecule has 0 spiro atoms. The maximum absolute atomic E-state index is 9.73. The van der Waals surface area contributed by atoms with Crippen LogP contribution in [-0.4, -0.2) is 67.4 Å². The van der Waals surface area contributed by atoms with Gasteiger partial charge in [0.1, 0.15) is 18.5 Å². The van der Waals surface area contributed by atoms with Gasteiger partial charge in [-0.1, -0.05) is 0 Å². The Hall–Kier alpha value is -2.59. The molecule has 0 radical (unpaired) electrons. The predicted octanol–water partition coefficient (Wildman–Crippen LogP) is 0.319. The number of aromatic nitrogens is 5. The molecule has 0 amide bonds. The molecule has 146 valence electrons. The van der Waals surface area contributed by atoms with Crippen molar-refractivity contribution in [3.63, 3.8) is 0 Å². The van der Waals surface area contributed by atoms with Gasteiger partial charge in [0.05, 0.1) is 7.11 Å². The maximum atomic E-state index is 9.73. The standard InChI is InChI=1S/C17H25N7O3/c1-10-7-23(14-5-6-18-15(21-14)12(3)26)8-11(2)24(10)16-19-13(9-25)20-17(22-16)27-4/h5-6,10-12,25-26H,7-9H2,1-4H3/t10-,11+,12-/m0/s1. The number of hydrogen-bond acceptors (Lipinski definition) is 10. The van der Waals surface area contributed by atoms with E-state index in [2.05, 4.69) is 48.6 Å². The van der Waals surface area contributed by atoms with E-state index in [9.17, 15) is 10.2 Å². The van der Waals surface area contributed by atoms with Crippen LogP contribution >= 0.6 is 0 Å². The largest absolute Gasteiger partial charge is 0.467 e. The van der Waals surface area contributed by atoms with Crippen LogP contribution in [0.3, 0.4) is 0 Å². The summed E-state index contributed by atoms with van der Waals surface area (Å²) in [7, 11) is 1.49. The maximum Gasteiger partial charge on any atom is 0.321 e. The first-order chi connectivity index (χ1) is 12.9. The molecule has 3 heterocycles. The van der Waals surface area contributed by atoms with E-state index in [0.717, 1.165) is 5.82 Å². The van der Waals surface area contributed by atoms with E-state index in [1.807, 2.05) is 6.07 Å². The number of aliphatic hydroxyl groups excluding tert-OH is 2. The average Bonchev–Trinajstić information content (AvgIpc) is 2.67. The van der Waals surface area contributed by atoms with Gasteiger partial charge in [-0.3, -0.25) is 0 Å². The fourth-order valence-corrected chi connectivity index (χ4v) is 3.31. The molecule has 1 aliphatic heterocycles. The molecule has 0 bridgehead atoms. The SMILES string of the molecule is COc1nc(CO)nc(N2[C@H](C)CN(c3ccnc([C@H](C)O)n3)C[C@@H]2C)n1. The van der Waals surface area contributed by atoms with Crippen molar-refractivity contribution in [3.8, 4) is 6.01 Å². The highest BCUT2D eigenvalue weighted by Gasteiger charge is 2.32. The molecule has 0 unspecified atom stereocenters. The molecular formula is C17H25N7O3. The van der Waals surface area contributed by atoms with Crippen LogP contribution in [0.1, 0.15) is 38.5 Å². The lowest BCUT2D eigenvalue weighted by atomic mass is 10.1. The van der Waals surface area contributed by atoms with E-state index in [1.165, 1.54) is 7.11 Å². The van der Waals surface area contributed by atoms with Gasteiger partial charge in [0.2, 0.25) is 5.95 Å². The lowest BCUT2D eigenvalue weighted by molar-refractivity contribution is 0.189. The quantitative estimate of drug-likeness (QED) is 0.755. The highest BCUT2D eigenvalue weighted by molar-refractivity contribution is 5.45. The van der Waals surface area contributed by atoms with Crippen LogP contribution in [0.25, 0.3) is 0 Å². The van der Waals surface area contributed by atoms with Crippen molar-refractivity contribution in [2.75, 3.05) is 30.0 Å². The van der Waals surface area contributed by atoms with Crippen LogP contribution in [0.5, 0.6) is 6.01 Å². The van der Waals surface area contributed by atoms with E-state index in [0.29, 0.717) is 24.9 Å². The summed E-state index contributed by atoms with van der Waals surface area (Å²) in [4.78, 5) is 25.6. The van der Waals surface area contributed by atoms with Gasteiger partial charge in [-0.15, -0.1) is 0 Å². The summed E-state index contributed by atoms with van der Waals surface area (Å²) in [5.74, 6) is 1.95. The van der Waals surface area contributed by atoms with Crippen molar-refractivity contribution in [2.24, 2.45) is 0 Å². The Balaban J connectivity index is 1.85. The molecule has 1 aliphatic rings. The van der Waals surface area contributed by atoms with Crippen molar-refractivity contribution >= 4 is 11.8 Å². The van der Waals surface area contributed by atoms with Crippen molar-refractivity contribution in [2.45, 2.75) is 45.6 Å². The second-order valence-corrected chi connectivity index (χ2v) is 6.66. The van der Waals surface area contributed by atoms with Crippen LogP contribution in [0, 0.1) is 0 Å². The molecule has 2 aromatic rings. The summed E-state index contributed by atoms with van der Waals surface area (Å²) >= 11 is 0. The number of ether oxygens (including phenoxy) is 1. The van der Waals surface area contributed by atoms with E-state index >= 15 is 0 Å². The van der Waals surface area contributed by atoms with Gasteiger partial charge in [-0.25, -0.2) is 9.97 Å². The van der Waals surface area contributed by atoms with Crippen molar-refractivity contribution in [1.29, 1.82) is 0 Å². The molecule has 10 heteroatoms. The third-order valence-electron chi connectivity index (χ3n) is 4.48. The van der Waals surface area contributed by atoms with Crippen LogP contribution in [-0.2, 0) is 6.61 Å². The first kappa shape index (κ1) is 19.2. The Labute approximate surface area is 157 Å². The number of rotatable bonds is 5. The normalized spacial score (nSPS) is 21.3. The predicted molar refractivity (Wildman–Crippen MR) is 98.6 cm³/mol. The third kappa shape index (κ3) is 4.06. The monoisotopic (exact) mass is 375 g/mol. The van der Waals surface area contributed by atoms with Crippen LogP contribution < -0.4 is 14.5 Å². The number of anilines is 2. The summed E-state index contributed by atoms with van der Waals surface area (Å²) in [5, 5.41) is 19.1. The molecule has 27 heavy (non-hydrogen) atoms. The van der Waals surface area contributed by atoms with Crippen LogP contribution in [0.2, 0.25) is 0 Å². The van der Waals surface area contributed by atoms with Gasteiger partial charge in [0.15, 0.2) is 11.6 Å². The minimum Gasteiger partial charge on any atom is -0.467 e. The Morgan fingerprint density at radius 2 is 1.89 bits per heavy atom. The van der Waals surface area contributed by atoms with E-state index in [-0.39, 0.29) is 30.5 Å². The zero-order valence-corrected chi connectivity index (χ0v) is 15.9. The topological polar surface area (TPSA) is 121 Å². The lowest BCUT2D eigenvalue weighted by Crippen LogP contribution is -2.58. The second kappa shape index (κ2) is 7.97. The van der Waals surface area contributed by atoms with Crippen LogP contribution in [0.15, 0.2) is 12.3 Å². The number of aliphatic hydroxyl groups is 2. The molecule has 0 saturated carbocycles. The number of methoxy groups -OCH3 is 1. The summed E-state index contributed by atoms with van der Waals surface area (Å²) in [6, 6.07) is 2.19. The minimum absolute atomic E-state index is 0.0809. The van der Waals surface area contributed by atoms with Crippen LogP contribution in [0.4, 0.5) is 11.8 Å². The molecule has 1 saturated heterocycles. The summed E-state index contributed by atoms with van der Waals surface area (Å²) in [5.41, 5.74) is 0. The van der Waals surface area contributed by atoms with Gasteiger partial charge < -0.3 is 24.7 Å². The first-order valence-corrected chi connectivity index (χ1v) is 8.87. The molecule has 2 aromatic heterocycles. The highest BCUT2D eigenvalue weighted by atomic mass is 16.5. The first-order valence-electron chi connectivity index (χ1n) is 8.87. The van der Waals surface area contributed by atoms with Gasteiger partial charge in [0, 0.05) is 31.4 Å². The molecule has 3 rings (SSSR count). The number of piperazine rings is 1. The zero-order valence-electron chi connectivity index (χ0n) is 15.9. The van der Waals surface area contributed by atoms with Crippen molar-refractivity contribution < 1.29 is 14.9 Å². The fourth-order valence-electron chi connectivity index (χ4n) is 3.31. The van der Waals surface area contributed by atoms with Gasteiger partial charge in [0.25, 0.3) is 0 Å². The van der Waals surface area contributed by atoms with Crippen molar-refractivity contribution in [1.82, 2.24) is 24.9 Å². The molecule has 2 N–H and O–H groups in total. The van der Waals surface area contributed by atoms with E-state index in [4.69, 9.17) is 4.74 Å². The highest BCUT2D eigenvalue weighted by Crippen LogP contribution is 2.25. The molecule has 10 nitrogen and oxygen atoms in total. The van der Waals surface area contributed by atoms with E-state index in [1.54, 1.807) is 13.1 Å². The Morgan fingerprint density at radius 3 is 2.48 bits per heavy atom. The summed E-state index contributed by atoms with van der Waals surface area (Å²) in [6.45, 7) is 6.92. The smallest absolute Gasteiger partial charge is 0.321 e. The van der Waals surface area contributed by atoms with Crippen molar-refractivity contribution in [3.05, 3.63) is 23.9 Å². The van der Waals surface area contributed by atoms with Gasteiger partial charge >= 0.3 is 6.01 Å². The lowest BCUT2D eigenvalue weighted by Gasteiger charge is -2.44. The summed E-state index contributed by atoms with van der Waals surface area (Å²) < 4.78 is 5.13. The second-order valence-electron chi connectivity index (χ2n) is 6.66. The molecule has 3 atom stereocenters. The third-order valence-corrected chi connectivity index (χ3v) is 4.48. The molecular weight excluding hydrogens is 350 g/mol. The fraction of sp³-hybridized carbons (Fsp3) is 0.588. The molecule has 0 aromatic carbocycles. The Bertz CT molecular complexity index is 755. The number of hydrogen-bond donors (Lipinski definition) is 2. The Kier molecular flexibility index (Phi) is 5.66.